The van der Waals surface area contributed by atoms with Gasteiger partial charge in [-0.3, -0.25) is 0 Å². The van der Waals surface area contributed by atoms with Crippen LogP contribution in [0.1, 0.15) is 27.7 Å². The summed E-state index contributed by atoms with van der Waals surface area (Å²) in [5.41, 5.74) is -0.276. The van der Waals surface area contributed by atoms with Crippen molar-refractivity contribution in [1.82, 2.24) is 5.32 Å². The number of carbonyl (C=O) groups excluding carboxylic acids is 1. The average molecular weight is 188 g/mol. The Morgan fingerprint density at radius 2 is 2.15 bits per heavy atom. The summed E-state index contributed by atoms with van der Waals surface area (Å²) in [4.78, 5) is 11.0. The first kappa shape index (κ1) is 11.7. The van der Waals surface area contributed by atoms with Gasteiger partial charge in [-0.15, -0.1) is 0 Å². The summed E-state index contributed by atoms with van der Waals surface area (Å²) in [6, 6.07) is 0. The van der Waals surface area contributed by atoms with Gasteiger partial charge in [-0.1, -0.05) is 5.16 Å². The van der Waals surface area contributed by atoms with Crippen LogP contribution in [0.25, 0.3) is 0 Å². The smallest absolute Gasteiger partial charge is 0.407 e. The predicted molar refractivity (Wildman–Crippen MR) is 49.1 cm³/mol. The first-order valence-electron chi connectivity index (χ1n) is 4.08. The molecule has 0 rings (SSSR count). The molecule has 76 valence electrons. The van der Waals surface area contributed by atoms with Gasteiger partial charge in [0.05, 0.1) is 17.9 Å². The number of alkyl carbamates (subject to hydrolysis) is 1. The Kier molecular flexibility index (Phi) is 4.23. The number of rotatable bonds is 3. The van der Waals surface area contributed by atoms with Gasteiger partial charge in [0.15, 0.2) is 0 Å². The minimum Gasteiger partial charge on any atom is -0.450 e. The number of carbonyl (C=O) groups is 1. The van der Waals surface area contributed by atoms with Crippen molar-refractivity contribution in [2.75, 3.05) is 6.61 Å². The van der Waals surface area contributed by atoms with E-state index >= 15 is 0 Å². The predicted octanol–water partition coefficient (Wildman–Crippen LogP) is 1.36. The molecule has 0 radical (unpaired) electrons. The SMILES string of the molecule is CCOC(=O)NC(C)(C)C(C)=NO. The van der Waals surface area contributed by atoms with E-state index in [1.807, 2.05) is 0 Å². The average Bonchev–Trinajstić information content (AvgIpc) is 2.02. The zero-order valence-electron chi connectivity index (χ0n) is 8.42. The van der Waals surface area contributed by atoms with E-state index < -0.39 is 11.6 Å². The molecule has 0 aliphatic heterocycles. The molecule has 0 aliphatic carbocycles. The van der Waals surface area contributed by atoms with Crippen molar-refractivity contribution in [2.24, 2.45) is 5.16 Å². The molecule has 0 saturated heterocycles. The molecule has 1 amide bonds. The lowest BCUT2D eigenvalue weighted by Crippen LogP contribution is -2.48. The van der Waals surface area contributed by atoms with Crippen molar-refractivity contribution in [3.63, 3.8) is 0 Å². The molecule has 5 nitrogen and oxygen atoms in total. The normalized spacial score (nSPS) is 12.5. The van der Waals surface area contributed by atoms with Crippen molar-refractivity contribution in [3.8, 4) is 0 Å². The highest BCUT2D eigenvalue weighted by molar-refractivity contribution is 5.92. The van der Waals surface area contributed by atoms with E-state index in [2.05, 4.69) is 15.2 Å². The fourth-order valence-electron chi connectivity index (χ4n) is 0.638. The van der Waals surface area contributed by atoms with E-state index in [-0.39, 0.29) is 0 Å². The number of oxime groups is 1. The van der Waals surface area contributed by atoms with E-state index in [1.54, 1.807) is 27.7 Å². The number of hydrogen-bond donors (Lipinski definition) is 2. The molecule has 0 spiro atoms. The molecule has 0 heterocycles. The molecule has 0 saturated carbocycles. The number of nitrogens with one attached hydrogen (secondary N) is 1. The fraction of sp³-hybridized carbons (Fsp3) is 0.750. The van der Waals surface area contributed by atoms with Gasteiger partial charge >= 0.3 is 6.09 Å². The maximum Gasteiger partial charge on any atom is 0.407 e. The third kappa shape index (κ3) is 3.78. The van der Waals surface area contributed by atoms with Gasteiger partial charge in [0, 0.05) is 0 Å². The third-order valence-electron chi connectivity index (χ3n) is 1.74. The number of ether oxygens (including phenoxy) is 1. The minimum atomic E-state index is -0.693. The largest absolute Gasteiger partial charge is 0.450 e. The second kappa shape index (κ2) is 4.69. The summed E-state index contributed by atoms with van der Waals surface area (Å²) in [6.07, 6.45) is -0.518. The van der Waals surface area contributed by atoms with E-state index in [1.165, 1.54) is 0 Å². The standard InChI is InChI=1S/C8H16N2O3/c1-5-13-7(11)9-8(3,4)6(2)10-12/h12H,5H2,1-4H3,(H,9,11). The molecule has 0 aliphatic rings. The first-order chi connectivity index (χ1) is 5.94. The van der Waals surface area contributed by atoms with Crippen LogP contribution < -0.4 is 5.32 Å². The second-order valence-corrected chi connectivity index (χ2v) is 3.16. The Hall–Kier alpha value is -1.26. The molecule has 0 aromatic carbocycles. The summed E-state index contributed by atoms with van der Waals surface area (Å²) in [5, 5.41) is 14.1. The monoisotopic (exact) mass is 188 g/mol. The quantitative estimate of drug-likeness (QED) is 0.399. The summed E-state index contributed by atoms with van der Waals surface area (Å²) >= 11 is 0. The van der Waals surface area contributed by atoms with Crippen LogP contribution in [0.4, 0.5) is 4.79 Å². The molecule has 0 aromatic heterocycles. The number of amides is 1. The lowest BCUT2D eigenvalue weighted by atomic mass is 10.0. The van der Waals surface area contributed by atoms with Crippen LogP contribution in [0, 0.1) is 0 Å². The van der Waals surface area contributed by atoms with Crippen LogP contribution in [0.3, 0.4) is 0 Å². The van der Waals surface area contributed by atoms with Gasteiger partial charge in [-0.05, 0) is 27.7 Å². The van der Waals surface area contributed by atoms with Gasteiger partial charge < -0.3 is 15.3 Å². The third-order valence-corrected chi connectivity index (χ3v) is 1.74. The van der Waals surface area contributed by atoms with Crippen LogP contribution in [-0.2, 0) is 4.74 Å². The molecule has 5 heteroatoms. The van der Waals surface area contributed by atoms with Gasteiger partial charge in [0.2, 0.25) is 0 Å². The van der Waals surface area contributed by atoms with Crippen LogP contribution in [0.15, 0.2) is 5.16 Å². The van der Waals surface area contributed by atoms with E-state index in [9.17, 15) is 4.79 Å². The molecular weight excluding hydrogens is 172 g/mol. The van der Waals surface area contributed by atoms with Crippen LogP contribution in [0.5, 0.6) is 0 Å². The topological polar surface area (TPSA) is 70.9 Å². The molecule has 0 atom stereocenters. The highest BCUT2D eigenvalue weighted by Crippen LogP contribution is 2.05. The highest BCUT2D eigenvalue weighted by atomic mass is 16.5. The Bertz CT molecular complexity index is 211. The summed E-state index contributed by atoms with van der Waals surface area (Å²) in [5.74, 6) is 0. The maximum absolute atomic E-state index is 11.0. The summed E-state index contributed by atoms with van der Waals surface area (Å²) in [6.45, 7) is 7.10. The zero-order chi connectivity index (χ0) is 10.5. The van der Waals surface area contributed by atoms with E-state index in [4.69, 9.17) is 5.21 Å². The highest BCUT2D eigenvalue weighted by Gasteiger charge is 2.24. The Morgan fingerprint density at radius 1 is 1.62 bits per heavy atom. The van der Waals surface area contributed by atoms with Gasteiger partial charge in [-0.2, -0.15) is 0 Å². The summed E-state index contributed by atoms with van der Waals surface area (Å²) in [7, 11) is 0. The van der Waals surface area contributed by atoms with E-state index in [0.717, 1.165) is 0 Å². The fourth-order valence-corrected chi connectivity index (χ4v) is 0.638. The lowest BCUT2D eigenvalue weighted by molar-refractivity contribution is 0.146. The molecule has 0 unspecified atom stereocenters. The summed E-state index contributed by atoms with van der Waals surface area (Å²) < 4.78 is 4.69. The lowest BCUT2D eigenvalue weighted by Gasteiger charge is -2.24. The Balaban J connectivity index is 4.25. The maximum atomic E-state index is 11.0. The Labute approximate surface area is 77.8 Å². The zero-order valence-corrected chi connectivity index (χ0v) is 8.42. The van der Waals surface area contributed by atoms with E-state index in [0.29, 0.717) is 12.3 Å². The van der Waals surface area contributed by atoms with Crippen molar-refractivity contribution >= 4 is 11.8 Å². The molecule has 13 heavy (non-hydrogen) atoms. The van der Waals surface area contributed by atoms with Gasteiger partial charge in [0.25, 0.3) is 0 Å². The van der Waals surface area contributed by atoms with Crippen molar-refractivity contribution < 1.29 is 14.7 Å². The van der Waals surface area contributed by atoms with Crippen molar-refractivity contribution in [3.05, 3.63) is 0 Å². The van der Waals surface area contributed by atoms with Gasteiger partial charge in [-0.25, -0.2) is 4.79 Å². The molecule has 2 N–H and O–H groups in total. The molecule has 0 aromatic rings. The Morgan fingerprint density at radius 3 is 2.54 bits per heavy atom. The number of hydrogen-bond acceptors (Lipinski definition) is 4. The number of nitrogens with zero attached hydrogens (tertiary/aromatic N) is 1. The molecular formula is C8H16N2O3. The first-order valence-corrected chi connectivity index (χ1v) is 4.08. The van der Waals surface area contributed by atoms with Crippen LogP contribution in [-0.4, -0.2) is 29.2 Å². The van der Waals surface area contributed by atoms with Crippen molar-refractivity contribution in [1.29, 1.82) is 0 Å². The van der Waals surface area contributed by atoms with Crippen LogP contribution >= 0.6 is 0 Å². The minimum absolute atomic E-state index is 0.317. The molecule has 0 fully saturated rings. The molecule has 0 bridgehead atoms. The van der Waals surface area contributed by atoms with Gasteiger partial charge in [0.1, 0.15) is 0 Å². The second-order valence-electron chi connectivity index (χ2n) is 3.16. The van der Waals surface area contributed by atoms with Crippen molar-refractivity contribution in [2.45, 2.75) is 33.2 Å². The van der Waals surface area contributed by atoms with Crippen LogP contribution in [0.2, 0.25) is 0 Å².